The van der Waals surface area contributed by atoms with Gasteiger partial charge in [0, 0.05) is 12.4 Å². The van der Waals surface area contributed by atoms with Gasteiger partial charge in [0.1, 0.15) is 0 Å². The van der Waals surface area contributed by atoms with Crippen LogP contribution in [-0.2, 0) is 25.0 Å². The van der Waals surface area contributed by atoms with Crippen molar-refractivity contribution in [2.24, 2.45) is 0 Å². The van der Waals surface area contributed by atoms with Crippen molar-refractivity contribution in [1.29, 1.82) is 0 Å². The molecule has 0 amide bonds. The zero-order valence-corrected chi connectivity index (χ0v) is 24.1. The number of nitrogens with zero attached hydrogens (tertiary/aromatic N) is 8. The van der Waals surface area contributed by atoms with Gasteiger partial charge in [-0.15, -0.1) is 0 Å². The molecule has 0 spiro atoms. The van der Waals surface area contributed by atoms with Gasteiger partial charge in [0.05, 0.1) is 23.0 Å². The van der Waals surface area contributed by atoms with Crippen LogP contribution in [-0.4, -0.2) is 30.1 Å². The summed E-state index contributed by atoms with van der Waals surface area (Å²) in [6.07, 6.45) is 3.44. The van der Waals surface area contributed by atoms with Crippen molar-refractivity contribution in [1.82, 2.24) is 40.3 Å². The van der Waals surface area contributed by atoms with Crippen molar-refractivity contribution in [2.75, 3.05) is 0 Å². The molecule has 0 aliphatic rings. The molecule has 0 bridgehead atoms. The van der Waals surface area contributed by atoms with Crippen molar-refractivity contribution < 1.29 is 25.0 Å². The summed E-state index contributed by atoms with van der Waals surface area (Å²) in [6.45, 7) is 4.10. The minimum Gasteiger partial charge on any atom is -0.457 e. The molecule has 6 rings (SSSR count). The zero-order chi connectivity index (χ0) is 24.7. The Labute approximate surface area is 232 Å². The molecule has 2 aromatic carbocycles. The Balaban J connectivity index is 0.000000200. The maximum atomic E-state index is 4.40. The SMILES string of the molecule is Cc1ccc(-c2n[n-]c(-c3ccccn3)n2)cc1.Cc1ccc(-c2n[n-]c(-c3ccccn3)n2)cc1.[OH3+].[Zn+2]. The van der Waals surface area contributed by atoms with Crippen LogP contribution in [0.4, 0.5) is 0 Å². The van der Waals surface area contributed by atoms with Crippen molar-refractivity contribution in [2.45, 2.75) is 13.8 Å². The van der Waals surface area contributed by atoms with Gasteiger partial charge >= 0.3 is 19.5 Å². The summed E-state index contributed by atoms with van der Waals surface area (Å²) in [7, 11) is 0. The summed E-state index contributed by atoms with van der Waals surface area (Å²) < 4.78 is 0. The van der Waals surface area contributed by atoms with E-state index < -0.39 is 0 Å². The summed E-state index contributed by atoms with van der Waals surface area (Å²) in [4.78, 5) is 17.2. The summed E-state index contributed by atoms with van der Waals surface area (Å²) >= 11 is 0. The van der Waals surface area contributed by atoms with E-state index >= 15 is 0 Å². The Hall–Kier alpha value is -4.40. The van der Waals surface area contributed by atoms with E-state index in [1.54, 1.807) is 12.4 Å². The van der Waals surface area contributed by atoms with E-state index in [0.717, 1.165) is 22.5 Å². The van der Waals surface area contributed by atoms with Gasteiger partial charge in [-0.2, -0.15) is 0 Å². The molecule has 0 radical (unpaired) electrons. The third-order valence-electron chi connectivity index (χ3n) is 5.31. The second kappa shape index (κ2) is 13.2. The van der Waals surface area contributed by atoms with Crippen molar-refractivity contribution >= 4 is 0 Å². The molecule has 38 heavy (non-hydrogen) atoms. The zero-order valence-electron chi connectivity index (χ0n) is 21.1. The average Bonchev–Trinajstić information content (AvgIpc) is 3.62. The van der Waals surface area contributed by atoms with Crippen molar-refractivity contribution in [3.63, 3.8) is 0 Å². The largest absolute Gasteiger partial charge is 2.00 e. The molecule has 0 saturated heterocycles. The molecule has 0 fully saturated rings. The fraction of sp³-hybridized carbons (Fsp3) is 0.0714. The number of hydrogen-bond acceptors (Lipinski definition) is 6. The standard InChI is InChI=1S/2C14H11N4.H2O.Zn/c2*1-10-5-7-11(8-6-10)13-16-14(18-17-13)12-4-2-3-9-15-12;;/h2*2-9H,1H3;1H2;/q2*-1;;+2/p+1. The Morgan fingerprint density at radius 3 is 1.26 bits per heavy atom. The first kappa shape index (κ1) is 28.2. The predicted molar refractivity (Wildman–Crippen MR) is 142 cm³/mol. The summed E-state index contributed by atoms with van der Waals surface area (Å²) in [6, 6.07) is 27.4. The average molecular weight is 555 g/mol. The van der Waals surface area contributed by atoms with Gasteiger partial charge in [0.2, 0.25) is 0 Å². The molecule has 10 heteroatoms. The maximum Gasteiger partial charge on any atom is 2.00 e. The van der Waals surface area contributed by atoms with E-state index in [4.69, 9.17) is 0 Å². The normalized spacial score (nSPS) is 9.95. The van der Waals surface area contributed by atoms with Crippen LogP contribution in [0.25, 0.3) is 45.8 Å². The molecule has 0 aliphatic heterocycles. The van der Waals surface area contributed by atoms with E-state index in [-0.39, 0.29) is 25.0 Å². The Kier molecular flexibility index (Phi) is 9.81. The number of aromatic nitrogens is 8. The topological polar surface area (TPSA) is 139 Å². The Morgan fingerprint density at radius 2 is 0.921 bits per heavy atom. The summed E-state index contributed by atoms with van der Waals surface area (Å²) in [5.74, 6) is 2.39. The number of aryl methyl sites for hydroxylation is 2. The quantitative estimate of drug-likeness (QED) is 0.235. The molecule has 4 heterocycles. The fourth-order valence-corrected chi connectivity index (χ4v) is 3.34. The molecule has 0 saturated carbocycles. The molecular formula is C28H25N8OZn+. The van der Waals surface area contributed by atoms with Crippen LogP contribution in [0.5, 0.6) is 0 Å². The Morgan fingerprint density at radius 1 is 0.526 bits per heavy atom. The van der Waals surface area contributed by atoms with Gasteiger partial charge in [-0.1, -0.05) is 71.8 Å². The number of benzene rings is 2. The Bertz CT molecular complexity index is 1410. The van der Waals surface area contributed by atoms with Crippen LogP contribution in [0.3, 0.4) is 0 Å². The van der Waals surface area contributed by atoms with Crippen LogP contribution < -0.4 is 10.2 Å². The van der Waals surface area contributed by atoms with Gasteiger partial charge in [-0.05, 0) is 60.9 Å². The molecule has 0 atom stereocenters. The maximum absolute atomic E-state index is 4.40. The number of hydrogen-bond donors (Lipinski definition) is 0. The van der Waals surface area contributed by atoms with Gasteiger partial charge in [0.15, 0.2) is 0 Å². The minimum atomic E-state index is 0. The van der Waals surface area contributed by atoms with Gasteiger partial charge in [-0.3, -0.25) is 20.2 Å². The van der Waals surface area contributed by atoms with E-state index in [0.29, 0.717) is 23.3 Å². The second-order valence-electron chi connectivity index (χ2n) is 8.08. The monoisotopic (exact) mass is 553 g/mol. The first-order valence-corrected chi connectivity index (χ1v) is 11.4. The fourth-order valence-electron chi connectivity index (χ4n) is 3.34. The smallest absolute Gasteiger partial charge is 0.457 e. The minimum absolute atomic E-state index is 0. The van der Waals surface area contributed by atoms with E-state index in [2.05, 4.69) is 40.3 Å². The first-order valence-electron chi connectivity index (χ1n) is 11.4. The molecule has 3 N–H and O–H groups in total. The molecular weight excluding hydrogens is 530 g/mol. The molecule has 4 aromatic heterocycles. The predicted octanol–water partition coefficient (Wildman–Crippen LogP) is 4.02. The second-order valence-corrected chi connectivity index (χ2v) is 8.08. The molecule has 6 aromatic rings. The van der Waals surface area contributed by atoms with E-state index in [9.17, 15) is 0 Å². The number of rotatable bonds is 4. The molecule has 0 unspecified atom stereocenters. The van der Waals surface area contributed by atoms with Crippen LogP contribution in [0.2, 0.25) is 0 Å². The van der Waals surface area contributed by atoms with E-state index in [1.165, 1.54) is 11.1 Å². The first-order chi connectivity index (χ1) is 17.7. The van der Waals surface area contributed by atoms with E-state index in [1.807, 2.05) is 98.8 Å². The van der Waals surface area contributed by atoms with Gasteiger partial charge in [-0.25, -0.2) is 0 Å². The van der Waals surface area contributed by atoms with Crippen LogP contribution >= 0.6 is 0 Å². The molecule has 0 aliphatic carbocycles. The third-order valence-corrected chi connectivity index (χ3v) is 5.31. The molecule has 184 valence electrons. The molecule has 9 nitrogen and oxygen atoms in total. The summed E-state index contributed by atoms with van der Waals surface area (Å²) in [5.41, 5.74) is 5.84. The third kappa shape index (κ3) is 6.88. The summed E-state index contributed by atoms with van der Waals surface area (Å²) in [5, 5.41) is 16.3. The van der Waals surface area contributed by atoms with Gasteiger partial charge in [0.25, 0.3) is 0 Å². The van der Waals surface area contributed by atoms with Crippen LogP contribution in [0.15, 0.2) is 97.3 Å². The van der Waals surface area contributed by atoms with Crippen LogP contribution in [0, 0.1) is 13.8 Å². The van der Waals surface area contributed by atoms with Crippen LogP contribution in [0.1, 0.15) is 11.1 Å². The van der Waals surface area contributed by atoms with Crippen molar-refractivity contribution in [3.8, 4) is 45.8 Å². The number of pyridine rings is 2. The van der Waals surface area contributed by atoms with Crippen molar-refractivity contribution in [3.05, 3.63) is 108 Å². The van der Waals surface area contributed by atoms with Gasteiger partial charge < -0.3 is 25.6 Å².